The molecule has 0 aromatic heterocycles. The first-order valence-corrected chi connectivity index (χ1v) is 6.35. The third-order valence-corrected chi connectivity index (χ3v) is 3.78. The number of hydrogen-bond donors (Lipinski definition) is 2. The molecule has 1 aromatic rings. The molecular weight excluding hydrogens is 250 g/mol. The highest BCUT2D eigenvalue weighted by Gasteiger charge is 2.19. The number of halogens is 1. The fourth-order valence-electron chi connectivity index (χ4n) is 1.24. The van der Waals surface area contributed by atoms with E-state index >= 15 is 0 Å². The van der Waals surface area contributed by atoms with Gasteiger partial charge in [-0.05, 0) is 24.6 Å². The Labute approximate surface area is 100 Å². The van der Waals surface area contributed by atoms with E-state index in [4.69, 9.17) is 17.3 Å². The Kier molecular flexibility index (Phi) is 3.80. The van der Waals surface area contributed by atoms with Crippen molar-refractivity contribution in [2.24, 2.45) is 0 Å². The van der Waals surface area contributed by atoms with E-state index in [9.17, 15) is 8.42 Å². The quantitative estimate of drug-likeness (QED) is 0.630. The number of nitrogens with one attached hydrogen (secondary N) is 1. The normalized spacial score (nSPS) is 12.1. The van der Waals surface area contributed by atoms with Crippen LogP contribution in [0.15, 0.2) is 17.0 Å². The van der Waals surface area contributed by atoms with Crippen molar-refractivity contribution in [1.29, 1.82) is 0 Å². The number of rotatable bonds is 3. The molecule has 90 valence electrons. The van der Waals surface area contributed by atoms with E-state index in [0.29, 0.717) is 16.3 Å². The zero-order chi connectivity index (χ0) is 12.5. The number of nitrogens with two attached hydrogens (primary N) is 1. The fourth-order valence-corrected chi connectivity index (χ4v) is 2.92. The number of hydrogen-bond acceptors (Lipinski definition) is 4. The molecule has 16 heavy (non-hydrogen) atoms. The Morgan fingerprint density at radius 1 is 1.38 bits per heavy atom. The molecule has 7 heteroatoms. The molecule has 3 N–H and O–H groups in total. The molecule has 0 fully saturated rings. The average molecular weight is 264 g/mol. The predicted octanol–water partition coefficient (Wildman–Crippen LogP) is 0.986. The highest BCUT2D eigenvalue weighted by atomic mass is 35.5. The van der Waals surface area contributed by atoms with E-state index in [1.807, 2.05) is 0 Å². The standard InChI is InChI=1S/C9H14ClN3O2S/c1-6-8(11)4-7(10)5-9(6)16(14,15)12-13(2)3/h4-5,12H,11H2,1-3H3. The number of anilines is 1. The predicted molar refractivity (Wildman–Crippen MR) is 64.6 cm³/mol. The minimum Gasteiger partial charge on any atom is -0.398 e. The van der Waals surface area contributed by atoms with Crippen molar-refractivity contribution in [3.05, 3.63) is 22.7 Å². The molecule has 0 heterocycles. The first kappa shape index (κ1) is 13.2. The van der Waals surface area contributed by atoms with Crippen LogP contribution in [0.4, 0.5) is 5.69 Å². The van der Waals surface area contributed by atoms with E-state index in [1.54, 1.807) is 21.0 Å². The summed E-state index contributed by atoms with van der Waals surface area (Å²) >= 11 is 5.78. The molecular formula is C9H14ClN3O2S. The lowest BCUT2D eigenvalue weighted by Gasteiger charge is -2.15. The molecule has 0 radical (unpaired) electrons. The van der Waals surface area contributed by atoms with Gasteiger partial charge in [0.1, 0.15) is 0 Å². The van der Waals surface area contributed by atoms with Crippen LogP contribution in [-0.4, -0.2) is 27.5 Å². The van der Waals surface area contributed by atoms with Crippen molar-refractivity contribution in [3.63, 3.8) is 0 Å². The monoisotopic (exact) mass is 263 g/mol. The number of nitrogen functional groups attached to an aromatic ring is 1. The van der Waals surface area contributed by atoms with Gasteiger partial charge in [0.15, 0.2) is 0 Å². The smallest absolute Gasteiger partial charge is 0.253 e. The Hall–Kier alpha value is -0.820. The molecule has 1 rings (SSSR count). The fraction of sp³-hybridized carbons (Fsp3) is 0.333. The number of benzene rings is 1. The lowest BCUT2D eigenvalue weighted by atomic mass is 10.2. The average Bonchev–Trinajstić information content (AvgIpc) is 2.08. The molecule has 0 aliphatic carbocycles. The Morgan fingerprint density at radius 2 is 1.94 bits per heavy atom. The van der Waals surface area contributed by atoms with Crippen molar-refractivity contribution in [1.82, 2.24) is 9.84 Å². The molecule has 0 aliphatic rings. The minimum atomic E-state index is -3.62. The molecule has 0 bridgehead atoms. The summed E-state index contributed by atoms with van der Waals surface area (Å²) in [5.74, 6) is 0. The zero-order valence-electron chi connectivity index (χ0n) is 9.28. The Bertz CT molecular complexity index is 500. The molecule has 0 atom stereocenters. The van der Waals surface area contributed by atoms with E-state index < -0.39 is 10.0 Å². The largest absolute Gasteiger partial charge is 0.398 e. The van der Waals surface area contributed by atoms with Crippen LogP contribution in [0, 0.1) is 6.92 Å². The van der Waals surface area contributed by atoms with Crippen LogP contribution >= 0.6 is 11.6 Å². The van der Waals surface area contributed by atoms with Crippen LogP contribution in [0.1, 0.15) is 5.56 Å². The summed E-state index contributed by atoms with van der Waals surface area (Å²) < 4.78 is 23.8. The maximum absolute atomic E-state index is 11.9. The minimum absolute atomic E-state index is 0.0891. The highest BCUT2D eigenvalue weighted by molar-refractivity contribution is 7.89. The molecule has 0 aliphatic heterocycles. The molecule has 0 unspecified atom stereocenters. The van der Waals surface area contributed by atoms with Crippen LogP contribution in [0.2, 0.25) is 5.02 Å². The maximum atomic E-state index is 11.9. The summed E-state index contributed by atoms with van der Waals surface area (Å²) in [6.07, 6.45) is 0. The van der Waals surface area contributed by atoms with Gasteiger partial charge in [0.2, 0.25) is 0 Å². The van der Waals surface area contributed by atoms with Crippen LogP contribution < -0.4 is 10.6 Å². The van der Waals surface area contributed by atoms with Gasteiger partial charge in [-0.3, -0.25) is 0 Å². The van der Waals surface area contributed by atoms with Crippen LogP contribution in [0.25, 0.3) is 0 Å². The van der Waals surface area contributed by atoms with Crippen LogP contribution in [0.5, 0.6) is 0 Å². The van der Waals surface area contributed by atoms with E-state index in [1.165, 1.54) is 17.1 Å². The highest BCUT2D eigenvalue weighted by Crippen LogP contribution is 2.25. The molecule has 5 nitrogen and oxygen atoms in total. The third kappa shape index (κ3) is 2.85. The second-order valence-electron chi connectivity index (χ2n) is 3.61. The van der Waals surface area contributed by atoms with E-state index in [2.05, 4.69) is 4.83 Å². The number of hydrazine groups is 1. The third-order valence-electron chi connectivity index (χ3n) is 1.96. The molecule has 0 saturated heterocycles. The summed E-state index contributed by atoms with van der Waals surface area (Å²) in [7, 11) is -0.455. The number of nitrogens with zero attached hydrogens (tertiary/aromatic N) is 1. The second-order valence-corrected chi connectivity index (χ2v) is 5.67. The Balaban J connectivity index is 3.33. The van der Waals surface area contributed by atoms with Gasteiger partial charge < -0.3 is 5.73 Å². The van der Waals surface area contributed by atoms with Crippen molar-refractivity contribution < 1.29 is 8.42 Å². The zero-order valence-corrected chi connectivity index (χ0v) is 10.9. The van der Waals surface area contributed by atoms with E-state index in [-0.39, 0.29) is 4.90 Å². The summed E-state index contributed by atoms with van der Waals surface area (Å²) in [6, 6.07) is 2.89. The first-order chi connectivity index (χ1) is 7.24. The van der Waals surface area contributed by atoms with Crippen molar-refractivity contribution in [2.45, 2.75) is 11.8 Å². The van der Waals surface area contributed by atoms with Gasteiger partial charge in [-0.25, -0.2) is 13.4 Å². The summed E-state index contributed by atoms with van der Waals surface area (Å²) in [5.41, 5.74) is 6.50. The summed E-state index contributed by atoms with van der Waals surface area (Å²) in [5, 5.41) is 1.63. The maximum Gasteiger partial charge on any atom is 0.253 e. The Morgan fingerprint density at radius 3 is 2.44 bits per heavy atom. The summed E-state index contributed by atoms with van der Waals surface area (Å²) in [6.45, 7) is 1.63. The van der Waals surface area contributed by atoms with E-state index in [0.717, 1.165) is 0 Å². The van der Waals surface area contributed by atoms with Gasteiger partial charge in [0.25, 0.3) is 10.0 Å². The lowest BCUT2D eigenvalue weighted by molar-refractivity contribution is 0.364. The van der Waals surface area contributed by atoms with Crippen LogP contribution in [-0.2, 0) is 10.0 Å². The molecule has 0 spiro atoms. The molecule has 0 amide bonds. The van der Waals surface area contributed by atoms with Gasteiger partial charge in [0, 0.05) is 24.8 Å². The van der Waals surface area contributed by atoms with Gasteiger partial charge >= 0.3 is 0 Å². The topological polar surface area (TPSA) is 75.4 Å². The lowest BCUT2D eigenvalue weighted by Crippen LogP contribution is -2.36. The van der Waals surface area contributed by atoms with Crippen molar-refractivity contribution in [3.8, 4) is 0 Å². The SMILES string of the molecule is Cc1c(N)cc(Cl)cc1S(=O)(=O)NN(C)C. The van der Waals surface area contributed by atoms with Crippen LogP contribution in [0.3, 0.4) is 0 Å². The number of sulfonamides is 1. The van der Waals surface area contributed by atoms with Gasteiger partial charge in [0.05, 0.1) is 4.90 Å². The second kappa shape index (κ2) is 4.58. The van der Waals surface area contributed by atoms with Gasteiger partial charge in [-0.2, -0.15) is 0 Å². The van der Waals surface area contributed by atoms with Gasteiger partial charge in [-0.15, -0.1) is 4.83 Å². The summed E-state index contributed by atoms with van der Waals surface area (Å²) in [4.78, 5) is 2.41. The molecule has 1 aromatic carbocycles. The van der Waals surface area contributed by atoms with Crippen molar-refractivity contribution >= 4 is 27.3 Å². The van der Waals surface area contributed by atoms with Crippen molar-refractivity contribution in [2.75, 3.05) is 19.8 Å². The molecule has 0 saturated carbocycles. The first-order valence-electron chi connectivity index (χ1n) is 4.49. The van der Waals surface area contributed by atoms with Gasteiger partial charge in [-0.1, -0.05) is 11.6 Å².